The largest absolute Gasteiger partial charge is 0.345 e. The van der Waals surface area contributed by atoms with Gasteiger partial charge in [-0.1, -0.05) is 30.2 Å². The van der Waals surface area contributed by atoms with Gasteiger partial charge in [-0.25, -0.2) is 9.97 Å². The predicted octanol–water partition coefficient (Wildman–Crippen LogP) is 4.13. The molecule has 1 aromatic carbocycles. The van der Waals surface area contributed by atoms with Crippen LogP contribution >= 0.6 is 11.3 Å². The molecule has 3 heterocycles. The van der Waals surface area contributed by atoms with Crippen molar-refractivity contribution in [3.05, 3.63) is 69.8 Å². The number of hydrogen-bond acceptors (Lipinski definition) is 6. The second-order valence-corrected chi connectivity index (χ2v) is 10.1. The number of benzene rings is 1. The predicted molar refractivity (Wildman–Crippen MR) is 135 cm³/mol. The zero-order chi connectivity index (χ0) is 24.8. The van der Waals surface area contributed by atoms with Gasteiger partial charge in [-0.2, -0.15) is 5.26 Å². The average Bonchev–Trinajstić information content (AvgIpc) is 3.50. The lowest BCUT2D eigenvalue weighted by Crippen LogP contribution is -2.62. The fourth-order valence-electron chi connectivity index (χ4n) is 4.67. The van der Waals surface area contributed by atoms with Gasteiger partial charge in [-0.3, -0.25) is 15.1 Å². The number of carbonyl (C=O) groups is 1. The number of nitrogens with zero attached hydrogens (tertiary/aromatic N) is 4. The summed E-state index contributed by atoms with van der Waals surface area (Å²) in [6, 6.07) is 14.1. The van der Waals surface area contributed by atoms with Crippen LogP contribution in [0.15, 0.2) is 48.1 Å². The van der Waals surface area contributed by atoms with Crippen LogP contribution in [0.5, 0.6) is 0 Å². The molecule has 0 unspecified atom stereocenters. The van der Waals surface area contributed by atoms with E-state index in [4.69, 9.17) is 5.41 Å². The van der Waals surface area contributed by atoms with Crippen molar-refractivity contribution in [2.45, 2.75) is 43.6 Å². The van der Waals surface area contributed by atoms with E-state index in [1.807, 2.05) is 48.7 Å². The monoisotopic (exact) mass is 480 g/mol. The summed E-state index contributed by atoms with van der Waals surface area (Å²) >= 11 is 1.52. The van der Waals surface area contributed by atoms with Gasteiger partial charge in [-0.05, 0) is 55.9 Å². The highest BCUT2D eigenvalue weighted by Crippen LogP contribution is 2.49. The minimum atomic E-state index is -0.837. The molecule has 8 heteroatoms. The standard InChI is InChI=1S/C27H24N6OS/c1-4-5-20-13-21(31-16-30-20)18-12-22(35-14-18)26(2)23(24(34)33(3)25(29)32-26)17-6-8-19(9-7-17)27(15-28)10-11-27/h6-9,12-14,16,23H,10-11H2,1-3H3,(H2,29,32)/t23-,26-/m1/s1. The smallest absolute Gasteiger partial charge is 0.239 e. The van der Waals surface area contributed by atoms with E-state index in [-0.39, 0.29) is 17.3 Å². The molecule has 0 radical (unpaired) electrons. The summed E-state index contributed by atoms with van der Waals surface area (Å²) in [4.78, 5) is 24.4. The molecule has 1 aliphatic heterocycles. The van der Waals surface area contributed by atoms with Crippen molar-refractivity contribution in [3.63, 3.8) is 0 Å². The van der Waals surface area contributed by atoms with Crippen LogP contribution in [-0.2, 0) is 15.7 Å². The molecule has 1 amide bonds. The van der Waals surface area contributed by atoms with Gasteiger partial charge in [-0.15, -0.1) is 11.3 Å². The molecule has 1 saturated heterocycles. The number of carbonyl (C=O) groups excluding carboxylic acids is 1. The molecule has 1 saturated carbocycles. The molecule has 1 aliphatic carbocycles. The van der Waals surface area contributed by atoms with Gasteiger partial charge in [0.2, 0.25) is 5.91 Å². The van der Waals surface area contributed by atoms with Crippen molar-refractivity contribution in [2.75, 3.05) is 7.05 Å². The maximum absolute atomic E-state index is 13.5. The second-order valence-electron chi connectivity index (χ2n) is 9.19. The molecule has 174 valence electrons. The SMILES string of the molecule is CC#Cc1cc(-c2csc([C@@]3(C)NC(=N)N(C)C(=O)[C@H]3c3ccc(C4(C#N)CC4)cc3)c2)ncn1. The second kappa shape index (κ2) is 8.33. The van der Waals surface area contributed by atoms with Crippen molar-refractivity contribution in [1.82, 2.24) is 20.2 Å². The molecule has 0 bridgehead atoms. The van der Waals surface area contributed by atoms with E-state index >= 15 is 0 Å². The average molecular weight is 481 g/mol. The van der Waals surface area contributed by atoms with E-state index in [1.165, 1.54) is 22.6 Å². The van der Waals surface area contributed by atoms with Crippen molar-refractivity contribution in [1.29, 1.82) is 10.7 Å². The van der Waals surface area contributed by atoms with Crippen molar-refractivity contribution in [2.24, 2.45) is 0 Å². The maximum atomic E-state index is 13.5. The number of rotatable bonds is 4. The molecule has 3 aromatic rings. The molecule has 0 spiro atoms. The molecule has 35 heavy (non-hydrogen) atoms. The Bertz CT molecular complexity index is 1440. The third-order valence-electron chi connectivity index (χ3n) is 6.96. The normalized spacial score (nSPS) is 22.6. The molecule has 2 aromatic heterocycles. The first kappa shape index (κ1) is 22.8. The van der Waals surface area contributed by atoms with Crippen LogP contribution < -0.4 is 5.32 Å². The highest BCUT2D eigenvalue weighted by atomic mass is 32.1. The van der Waals surface area contributed by atoms with Gasteiger partial charge in [0.05, 0.1) is 28.6 Å². The number of guanidine groups is 1. The fourth-order valence-corrected chi connectivity index (χ4v) is 5.72. The number of hydrogen-bond donors (Lipinski definition) is 2. The summed E-state index contributed by atoms with van der Waals surface area (Å²) < 4.78 is 0. The van der Waals surface area contributed by atoms with Gasteiger partial charge >= 0.3 is 0 Å². The molecule has 2 aliphatic rings. The Hall–Kier alpha value is -4.01. The Morgan fingerprint density at radius 1 is 1.23 bits per heavy atom. The number of nitriles is 1. The van der Waals surface area contributed by atoms with Gasteiger partial charge in [0.25, 0.3) is 0 Å². The molecular formula is C27H24N6OS. The van der Waals surface area contributed by atoms with Crippen LogP contribution in [-0.4, -0.2) is 33.8 Å². The first-order valence-electron chi connectivity index (χ1n) is 11.3. The highest BCUT2D eigenvalue weighted by molar-refractivity contribution is 7.10. The van der Waals surface area contributed by atoms with Crippen LogP contribution in [0.3, 0.4) is 0 Å². The first-order valence-corrected chi connectivity index (χ1v) is 12.2. The van der Waals surface area contributed by atoms with Gasteiger partial charge in [0.1, 0.15) is 12.0 Å². The Labute approximate surface area is 208 Å². The van der Waals surface area contributed by atoms with E-state index in [0.717, 1.165) is 40.1 Å². The number of aromatic nitrogens is 2. The summed E-state index contributed by atoms with van der Waals surface area (Å²) in [5.74, 6) is 5.17. The molecule has 5 rings (SSSR count). The Morgan fingerprint density at radius 2 is 1.97 bits per heavy atom. The van der Waals surface area contributed by atoms with Crippen LogP contribution in [0.2, 0.25) is 0 Å². The molecule has 2 atom stereocenters. The summed E-state index contributed by atoms with van der Waals surface area (Å²) in [5, 5.41) is 23.3. The van der Waals surface area contributed by atoms with E-state index in [2.05, 4.69) is 33.2 Å². The lowest BCUT2D eigenvalue weighted by Gasteiger charge is -2.45. The van der Waals surface area contributed by atoms with Gasteiger partial charge in [0, 0.05) is 22.9 Å². The minimum absolute atomic E-state index is 0.0595. The van der Waals surface area contributed by atoms with Crippen molar-refractivity contribution in [3.8, 4) is 29.2 Å². The number of thiophene rings is 1. The third-order valence-corrected chi connectivity index (χ3v) is 8.12. The van der Waals surface area contributed by atoms with Gasteiger partial charge < -0.3 is 5.32 Å². The van der Waals surface area contributed by atoms with Gasteiger partial charge in [0.15, 0.2) is 5.96 Å². The Morgan fingerprint density at radius 3 is 2.63 bits per heavy atom. The zero-order valence-electron chi connectivity index (χ0n) is 19.7. The van der Waals surface area contributed by atoms with E-state index in [0.29, 0.717) is 5.69 Å². The van der Waals surface area contributed by atoms with E-state index in [1.54, 1.807) is 14.0 Å². The van der Waals surface area contributed by atoms with Crippen LogP contribution in [0.1, 0.15) is 54.3 Å². The summed E-state index contributed by atoms with van der Waals surface area (Å²) in [6.45, 7) is 3.73. The number of likely N-dealkylation sites (N-methyl/N-ethyl adjacent to an activating group) is 1. The number of amides is 1. The van der Waals surface area contributed by atoms with E-state index < -0.39 is 11.5 Å². The summed E-state index contributed by atoms with van der Waals surface area (Å²) in [7, 11) is 1.62. The quantitative estimate of drug-likeness (QED) is 0.546. The molecule has 2 N–H and O–H groups in total. The van der Waals surface area contributed by atoms with Crippen LogP contribution in [0, 0.1) is 28.6 Å². The molecule has 7 nitrogen and oxygen atoms in total. The topological polar surface area (TPSA) is 106 Å². The zero-order valence-corrected chi connectivity index (χ0v) is 20.5. The van der Waals surface area contributed by atoms with Crippen LogP contribution in [0.25, 0.3) is 11.3 Å². The summed E-state index contributed by atoms with van der Waals surface area (Å²) in [6.07, 6.45) is 3.24. The van der Waals surface area contributed by atoms with Crippen LogP contribution in [0.4, 0.5) is 0 Å². The minimum Gasteiger partial charge on any atom is -0.345 e. The fraction of sp³-hybridized carbons (Fsp3) is 0.296. The number of nitrogens with one attached hydrogen (secondary N) is 2. The van der Waals surface area contributed by atoms with Crippen molar-refractivity contribution >= 4 is 23.2 Å². The molecular weight excluding hydrogens is 456 g/mol. The van der Waals surface area contributed by atoms with Crippen molar-refractivity contribution < 1.29 is 4.79 Å². The first-order chi connectivity index (χ1) is 16.8. The Kier molecular flexibility index (Phi) is 5.42. The summed E-state index contributed by atoms with van der Waals surface area (Å²) in [5.41, 5.74) is 2.94. The lowest BCUT2D eigenvalue weighted by atomic mass is 9.76. The maximum Gasteiger partial charge on any atom is 0.239 e. The Balaban J connectivity index is 1.55. The van der Waals surface area contributed by atoms with E-state index in [9.17, 15) is 10.1 Å². The highest BCUT2D eigenvalue weighted by Gasteiger charge is 2.50. The third kappa shape index (κ3) is 3.77. The molecule has 2 fully saturated rings. The lowest BCUT2D eigenvalue weighted by molar-refractivity contribution is -0.131.